The zero-order chi connectivity index (χ0) is 40.9. The zero-order valence-electron chi connectivity index (χ0n) is 34.9. The first-order valence-corrected chi connectivity index (χ1v) is 21.5. The molecule has 61 heavy (non-hydrogen) atoms. The molecule has 0 atom stereocenters. The van der Waals surface area contributed by atoms with Crippen molar-refractivity contribution in [1.29, 1.82) is 0 Å². The maximum Gasteiger partial charge on any atom is 0.252 e. The molecule has 0 bridgehead atoms. The summed E-state index contributed by atoms with van der Waals surface area (Å²) >= 11 is 0. The Labute approximate surface area is 356 Å². The van der Waals surface area contributed by atoms with Crippen molar-refractivity contribution in [3.8, 4) is 16.8 Å². The van der Waals surface area contributed by atoms with Gasteiger partial charge in [-0.2, -0.15) is 0 Å². The van der Waals surface area contributed by atoms with Gasteiger partial charge in [0.25, 0.3) is 6.71 Å². The molecule has 0 N–H and O–H groups in total. The fourth-order valence-corrected chi connectivity index (χ4v) is 11.5. The summed E-state index contributed by atoms with van der Waals surface area (Å²) in [7, 11) is 0. The van der Waals surface area contributed by atoms with Gasteiger partial charge in [0.1, 0.15) is 11.2 Å². The predicted octanol–water partition coefficient (Wildman–Crippen LogP) is 12.8. The number of fused-ring (bicyclic) bond motifs is 12. The smallest absolute Gasteiger partial charge is 0.252 e. The number of aryl methyl sites for hydroxylation is 3. The van der Waals surface area contributed by atoms with E-state index in [1.807, 2.05) is 0 Å². The van der Waals surface area contributed by atoms with Crippen LogP contribution < -0.4 is 26.2 Å². The van der Waals surface area contributed by atoms with E-state index in [1.165, 1.54) is 94.8 Å². The molecule has 13 rings (SSSR count). The molecule has 4 heterocycles. The van der Waals surface area contributed by atoms with Gasteiger partial charge in [0.2, 0.25) is 0 Å². The average Bonchev–Trinajstić information content (AvgIpc) is 3.91. The number of furan rings is 1. The fourth-order valence-electron chi connectivity index (χ4n) is 11.5. The van der Waals surface area contributed by atoms with Crippen molar-refractivity contribution >= 4 is 90.1 Å². The maximum atomic E-state index is 6.60. The monoisotopic (exact) mass is 783 g/mol. The highest BCUT2D eigenvalue weighted by molar-refractivity contribution is 7.00. The van der Waals surface area contributed by atoms with Crippen molar-refractivity contribution in [3.05, 3.63) is 192 Å². The molecule has 0 saturated carbocycles. The molecule has 290 valence electrons. The van der Waals surface area contributed by atoms with Crippen molar-refractivity contribution in [2.75, 3.05) is 9.80 Å². The van der Waals surface area contributed by atoms with Gasteiger partial charge >= 0.3 is 0 Å². The van der Waals surface area contributed by atoms with E-state index in [1.54, 1.807) is 0 Å². The second-order valence-corrected chi connectivity index (χ2v) is 17.9. The molecule has 0 amide bonds. The third-order valence-electron chi connectivity index (χ3n) is 14.0. The van der Waals surface area contributed by atoms with Crippen LogP contribution in [0.25, 0.3) is 49.7 Å². The summed E-state index contributed by atoms with van der Waals surface area (Å²) in [6.07, 6.45) is 0. The molecule has 3 aliphatic rings. The Kier molecular flexibility index (Phi) is 6.91. The average molecular weight is 784 g/mol. The van der Waals surface area contributed by atoms with Crippen molar-refractivity contribution in [2.24, 2.45) is 0 Å². The predicted molar refractivity (Wildman–Crippen MR) is 256 cm³/mol. The van der Waals surface area contributed by atoms with Crippen LogP contribution in [0.5, 0.6) is 0 Å². The molecular formula is C56H42BN3O. The molecule has 1 aliphatic carbocycles. The summed E-state index contributed by atoms with van der Waals surface area (Å²) in [6.45, 7) is 11.5. The first-order valence-electron chi connectivity index (χ1n) is 21.5. The van der Waals surface area contributed by atoms with Crippen molar-refractivity contribution < 1.29 is 4.42 Å². The SMILES string of the molecule is Cc1cc2c3c(c1)-n1c4c(c5cccc(c51)B3c1ccc(N(c3ccccc3C)c3ccccc3C)cc1N2c1cccc2oc3ccccc3c12)-c1ccccc1C4(C)C. The van der Waals surface area contributed by atoms with Crippen LogP contribution in [0.4, 0.5) is 34.1 Å². The van der Waals surface area contributed by atoms with E-state index in [9.17, 15) is 0 Å². The maximum absolute atomic E-state index is 6.60. The summed E-state index contributed by atoms with van der Waals surface area (Å²) in [5, 5.41) is 3.57. The molecule has 5 heteroatoms. The molecule has 0 saturated heterocycles. The van der Waals surface area contributed by atoms with Gasteiger partial charge in [-0.3, -0.25) is 0 Å². The van der Waals surface area contributed by atoms with Crippen LogP contribution in [-0.2, 0) is 5.41 Å². The van der Waals surface area contributed by atoms with E-state index in [0.29, 0.717) is 0 Å². The highest BCUT2D eigenvalue weighted by Gasteiger charge is 2.47. The Morgan fingerprint density at radius 3 is 2.03 bits per heavy atom. The van der Waals surface area contributed by atoms with E-state index in [2.05, 4.69) is 213 Å². The van der Waals surface area contributed by atoms with Gasteiger partial charge in [0.05, 0.1) is 11.1 Å². The second kappa shape index (κ2) is 12.2. The lowest BCUT2D eigenvalue weighted by Gasteiger charge is -2.42. The molecule has 0 unspecified atom stereocenters. The lowest BCUT2D eigenvalue weighted by Crippen LogP contribution is -2.60. The Morgan fingerprint density at radius 2 is 1.23 bits per heavy atom. The van der Waals surface area contributed by atoms with Crippen LogP contribution in [0.1, 0.15) is 41.8 Å². The molecule has 0 radical (unpaired) electrons. The quantitative estimate of drug-likeness (QED) is 0.166. The molecule has 8 aromatic carbocycles. The number of anilines is 6. The molecule has 10 aromatic rings. The van der Waals surface area contributed by atoms with Crippen LogP contribution in [0.15, 0.2) is 168 Å². The van der Waals surface area contributed by atoms with E-state index >= 15 is 0 Å². The van der Waals surface area contributed by atoms with Gasteiger partial charge in [-0.25, -0.2) is 0 Å². The summed E-state index contributed by atoms with van der Waals surface area (Å²) in [6, 6.07) is 60.7. The van der Waals surface area contributed by atoms with E-state index in [4.69, 9.17) is 4.42 Å². The minimum absolute atomic E-state index is 0.0150. The molecule has 2 aromatic heterocycles. The Morgan fingerprint density at radius 1 is 0.557 bits per heavy atom. The summed E-state index contributed by atoms with van der Waals surface area (Å²) in [5.74, 6) is 0. The zero-order valence-corrected chi connectivity index (χ0v) is 34.9. The summed E-state index contributed by atoms with van der Waals surface area (Å²) in [5.41, 5.74) is 24.3. The third-order valence-corrected chi connectivity index (χ3v) is 14.0. The van der Waals surface area contributed by atoms with Crippen molar-refractivity contribution in [3.63, 3.8) is 0 Å². The minimum Gasteiger partial charge on any atom is -0.456 e. The molecule has 0 spiro atoms. The van der Waals surface area contributed by atoms with E-state index in [0.717, 1.165) is 33.3 Å². The first-order chi connectivity index (χ1) is 29.8. The highest BCUT2D eigenvalue weighted by Crippen LogP contribution is 2.55. The van der Waals surface area contributed by atoms with E-state index < -0.39 is 0 Å². The van der Waals surface area contributed by atoms with E-state index in [-0.39, 0.29) is 12.1 Å². The topological polar surface area (TPSA) is 24.6 Å². The van der Waals surface area contributed by atoms with Crippen molar-refractivity contribution in [1.82, 2.24) is 4.57 Å². The van der Waals surface area contributed by atoms with Gasteiger partial charge in [0, 0.05) is 67.1 Å². The molecule has 0 fully saturated rings. The Hall–Kier alpha value is -7.24. The van der Waals surface area contributed by atoms with Gasteiger partial charge < -0.3 is 18.8 Å². The number of nitrogens with zero attached hydrogens (tertiary/aromatic N) is 3. The first kappa shape index (κ1) is 34.6. The Balaban J connectivity index is 1.17. The number of hydrogen-bond acceptors (Lipinski definition) is 3. The number of para-hydroxylation sites is 4. The molecule has 2 aliphatic heterocycles. The standard InChI is InChI=1S/C56H42BN3O/c1-33-30-47-53-48(31-33)60-54-39(51-37-18-8-10-21-40(37)56(4,5)55(51)60)20-14-22-42(54)57(53)41-29-28-36(58(43-23-11-6-16-34(43)2)44-24-12-7-17-35(44)3)32-46(41)59(47)45-25-15-27-50-52(45)38-19-9-13-26-49(38)61-50/h6-32H,1-5H3. The Bertz CT molecular complexity index is 3490. The van der Waals surface area contributed by atoms with Gasteiger partial charge in [-0.15, -0.1) is 0 Å². The minimum atomic E-state index is -0.192. The molecular weight excluding hydrogens is 741 g/mol. The normalized spacial score (nSPS) is 14.0. The van der Waals surface area contributed by atoms with Gasteiger partial charge in [-0.05, 0) is 120 Å². The number of rotatable bonds is 4. The van der Waals surface area contributed by atoms with Gasteiger partial charge in [0.15, 0.2) is 0 Å². The number of benzene rings is 8. The van der Waals surface area contributed by atoms with Crippen LogP contribution in [0.3, 0.4) is 0 Å². The van der Waals surface area contributed by atoms with Crippen LogP contribution in [-0.4, -0.2) is 11.3 Å². The summed E-state index contributed by atoms with van der Waals surface area (Å²) < 4.78 is 9.26. The fraction of sp³-hybridized carbons (Fsp3) is 0.107. The van der Waals surface area contributed by atoms with Gasteiger partial charge in [-0.1, -0.05) is 123 Å². The number of hydrogen-bond donors (Lipinski definition) is 0. The highest BCUT2D eigenvalue weighted by atomic mass is 16.3. The largest absolute Gasteiger partial charge is 0.456 e. The van der Waals surface area contributed by atoms with Crippen LogP contribution in [0.2, 0.25) is 0 Å². The lowest BCUT2D eigenvalue weighted by atomic mass is 9.33. The summed E-state index contributed by atoms with van der Waals surface area (Å²) in [4.78, 5) is 5.01. The lowest BCUT2D eigenvalue weighted by molar-refractivity contribution is 0.624. The third kappa shape index (κ3) is 4.50. The second-order valence-electron chi connectivity index (χ2n) is 17.9. The van der Waals surface area contributed by atoms with Crippen LogP contribution >= 0.6 is 0 Å². The number of aromatic nitrogens is 1. The van der Waals surface area contributed by atoms with Crippen molar-refractivity contribution in [2.45, 2.75) is 40.0 Å². The molecule has 4 nitrogen and oxygen atoms in total. The van der Waals surface area contributed by atoms with Crippen LogP contribution in [0, 0.1) is 20.8 Å².